The van der Waals surface area contributed by atoms with Crippen LogP contribution >= 0.6 is 11.8 Å². The van der Waals surface area contributed by atoms with Crippen molar-refractivity contribution in [3.05, 3.63) is 35.9 Å². The molecule has 1 aromatic rings. The smallest absolute Gasteiger partial charge is 0.301 e. The lowest BCUT2D eigenvalue weighted by molar-refractivity contribution is -0.189. The number of aliphatic imine (C=N–C) groups is 2. The van der Waals surface area contributed by atoms with Gasteiger partial charge < -0.3 is 9.64 Å². The summed E-state index contributed by atoms with van der Waals surface area (Å²) < 4.78 is 5.96. The lowest BCUT2D eigenvalue weighted by Gasteiger charge is -2.47. The van der Waals surface area contributed by atoms with Gasteiger partial charge in [0, 0.05) is 12.0 Å². The number of hydrogen-bond acceptors (Lipinski definition) is 6. The topological polar surface area (TPSA) is 78.0 Å². The number of carbonyl (C=O) groups is 1. The van der Waals surface area contributed by atoms with Crippen LogP contribution in [0.5, 0.6) is 0 Å². The molecule has 0 saturated carbocycles. The first kappa shape index (κ1) is 18.2. The molecule has 0 saturated heterocycles. The zero-order valence-corrected chi connectivity index (χ0v) is 14.8. The Bertz CT molecular complexity index is 676. The number of benzene rings is 1. The monoisotopic (exact) mass is 344 g/mol. The number of hydrogen-bond donors (Lipinski definition) is 0. The fourth-order valence-electron chi connectivity index (χ4n) is 2.67. The number of thioether (sulfide) groups is 1. The second-order valence-corrected chi connectivity index (χ2v) is 7.03. The fraction of sp³-hybridized carbons (Fsp3) is 0.412. The molecule has 0 fully saturated rings. The second-order valence-electron chi connectivity index (χ2n) is 6.32. The van der Waals surface area contributed by atoms with E-state index in [0.717, 1.165) is 17.3 Å². The van der Waals surface area contributed by atoms with Crippen molar-refractivity contribution in [2.45, 2.75) is 33.0 Å². The summed E-state index contributed by atoms with van der Waals surface area (Å²) in [5.41, 5.74) is -0.921. The summed E-state index contributed by atoms with van der Waals surface area (Å²) in [7, 11) is 0. The zero-order chi connectivity index (χ0) is 17.6. The Morgan fingerprint density at radius 1 is 1.33 bits per heavy atom. The molecule has 1 atom stereocenters. The lowest BCUT2D eigenvalue weighted by Crippen LogP contribution is -2.62. The van der Waals surface area contributed by atoms with E-state index in [1.165, 1.54) is 6.34 Å². The number of nitrogens with zero attached hydrogens (tertiary/aromatic N) is 4. The number of rotatable bonds is 5. The van der Waals surface area contributed by atoms with Gasteiger partial charge in [-0.2, -0.15) is 10.3 Å². The molecular weight excluding hydrogens is 324 g/mol. The Balaban J connectivity index is 2.45. The van der Waals surface area contributed by atoms with E-state index in [1.807, 2.05) is 56.5 Å². The Hall–Kier alpha value is -2.17. The molecular formula is C17H20N4O2S. The minimum absolute atomic E-state index is 0.0637. The largest absolute Gasteiger partial charge is 0.334 e. The van der Waals surface area contributed by atoms with Crippen molar-refractivity contribution in [3.8, 4) is 5.40 Å². The highest BCUT2D eigenvalue weighted by Crippen LogP contribution is 2.39. The van der Waals surface area contributed by atoms with Gasteiger partial charge in [-0.15, -0.1) is 0 Å². The van der Waals surface area contributed by atoms with Gasteiger partial charge in [0.25, 0.3) is 0 Å². The molecule has 1 aliphatic heterocycles. The first-order valence-electron chi connectivity index (χ1n) is 7.47. The highest BCUT2D eigenvalue weighted by molar-refractivity contribution is 8.03. The predicted molar refractivity (Wildman–Crippen MR) is 95.3 cm³/mol. The van der Waals surface area contributed by atoms with Crippen LogP contribution in [0.1, 0.15) is 26.3 Å². The van der Waals surface area contributed by atoms with E-state index in [1.54, 1.807) is 11.2 Å². The fourth-order valence-corrected chi connectivity index (χ4v) is 2.96. The standard InChI is InChI=1S/C17H20N4O2S/c1-16(2,3)17(23-13-24-10-18)15(22)20-11-19-12-21(17)9-14-7-5-4-6-8-14/h4-8,11-12H,9,13H2,1-3H3/t17-/m1/s1. The van der Waals surface area contributed by atoms with Crippen LogP contribution in [0.15, 0.2) is 40.3 Å². The first-order valence-corrected chi connectivity index (χ1v) is 8.46. The van der Waals surface area contributed by atoms with Gasteiger partial charge in [0.15, 0.2) is 0 Å². The van der Waals surface area contributed by atoms with E-state index >= 15 is 0 Å². The van der Waals surface area contributed by atoms with Crippen molar-refractivity contribution >= 4 is 30.3 Å². The molecule has 0 N–H and O–H groups in total. The maximum Gasteiger partial charge on any atom is 0.301 e. The van der Waals surface area contributed by atoms with E-state index in [4.69, 9.17) is 10.00 Å². The zero-order valence-electron chi connectivity index (χ0n) is 14.0. The molecule has 2 rings (SSSR count). The highest BCUT2D eigenvalue weighted by atomic mass is 32.2. The summed E-state index contributed by atoms with van der Waals surface area (Å²) in [4.78, 5) is 22.6. The van der Waals surface area contributed by atoms with Crippen LogP contribution in [0.3, 0.4) is 0 Å². The van der Waals surface area contributed by atoms with Gasteiger partial charge in [0.05, 0.1) is 6.34 Å². The highest BCUT2D eigenvalue weighted by Gasteiger charge is 2.54. The quantitative estimate of drug-likeness (QED) is 0.466. The molecule has 0 radical (unpaired) electrons. The average Bonchev–Trinajstić information content (AvgIpc) is 2.69. The van der Waals surface area contributed by atoms with E-state index in [0.29, 0.717) is 6.54 Å². The third kappa shape index (κ3) is 3.66. The molecule has 1 aliphatic rings. The Kier molecular flexibility index (Phi) is 5.75. The third-order valence-electron chi connectivity index (χ3n) is 3.75. The maximum atomic E-state index is 12.8. The molecule has 0 bridgehead atoms. The predicted octanol–water partition coefficient (Wildman–Crippen LogP) is 3.02. The number of carbonyl (C=O) groups excluding carboxylic acids is 1. The van der Waals surface area contributed by atoms with Gasteiger partial charge in [0.1, 0.15) is 17.7 Å². The summed E-state index contributed by atoms with van der Waals surface area (Å²) in [5.74, 6) is -0.365. The van der Waals surface area contributed by atoms with Crippen LogP contribution in [-0.2, 0) is 16.1 Å². The molecule has 7 heteroatoms. The summed E-state index contributed by atoms with van der Waals surface area (Å²) in [5, 5.41) is 10.7. The van der Waals surface area contributed by atoms with Gasteiger partial charge in [-0.05, 0) is 17.3 Å². The third-order valence-corrected chi connectivity index (χ3v) is 4.11. The van der Waals surface area contributed by atoms with Gasteiger partial charge in [-0.3, -0.25) is 4.79 Å². The summed E-state index contributed by atoms with van der Waals surface area (Å²) in [6, 6.07) is 9.76. The van der Waals surface area contributed by atoms with Crippen molar-refractivity contribution in [3.63, 3.8) is 0 Å². The maximum absolute atomic E-state index is 12.8. The van der Waals surface area contributed by atoms with E-state index in [-0.39, 0.29) is 5.94 Å². The SMILES string of the molecule is CC(C)(C)[C@]1(OCSC#N)C(=O)N=CN=CN1Cc1ccccc1. The van der Waals surface area contributed by atoms with Crippen LogP contribution in [0.4, 0.5) is 0 Å². The Morgan fingerprint density at radius 2 is 2.04 bits per heavy atom. The number of thiocyanates is 1. The molecule has 24 heavy (non-hydrogen) atoms. The molecule has 0 aromatic heterocycles. The van der Waals surface area contributed by atoms with Gasteiger partial charge in [-0.25, -0.2) is 4.99 Å². The number of ether oxygens (including phenoxy) is 1. The average molecular weight is 344 g/mol. The van der Waals surface area contributed by atoms with Gasteiger partial charge in [0.2, 0.25) is 5.72 Å². The van der Waals surface area contributed by atoms with Crippen molar-refractivity contribution in [1.29, 1.82) is 5.26 Å². The van der Waals surface area contributed by atoms with Crippen molar-refractivity contribution in [2.75, 3.05) is 5.94 Å². The van der Waals surface area contributed by atoms with E-state index in [9.17, 15) is 4.79 Å². The van der Waals surface area contributed by atoms with E-state index in [2.05, 4.69) is 9.98 Å². The Labute approximate surface area is 146 Å². The lowest BCUT2D eigenvalue weighted by atomic mass is 9.80. The molecule has 1 aromatic carbocycles. The van der Waals surface area contributed by atoms with Crippen LogP contribution in [-0.4, -0.2) is 35.1 Å². The van der Waals surface area contributed by atoms with Crippen molar-refractivity contribution in [2.24, 2.45) is 15.4 Å². The first-order chi connectivity index (χ1) is 11.4. The molecule has 1 heterocycles. The number of amides is 1. The van der Waals surface area contributed by atoms with Crippen LogP contribution < -0.4 is 0 Å². The molecule has 6 nitrogen and oxygen atoms in total. The second kappa shape index (κ2) is 7.60. The van der Waals surface area contributed by atoms with Crippen LogP contribution in [0, 0.1) is 16.1 Å². The minimum Gasteiger partial charge on any atom is -0.334 e. The van der Waals surface area contributed by atoms with Crippen LogP contribution in [0.2, 0.25) is 0 Å². The van der Waals surface area contributed by atoms with Gasteiger partial charge in [-0.1, -0.05) is 51.1 Å². The molecule has 1 amide bonds. The molecule has 0 unspecified atom stereocenters. The Morgan fingerprint density at radius 3 is 2.67 bits per heavy atom. The van der Waals surface area contributed by atoms with Crippen LogP contribution in [0.25, 0.3) is 0 Å². The summed E-state index contributed by atoms with van der Waals surface area (Å²) in [6.45, 7) is 6.17. The number of nitriles is 1. The van der Waals surface area contributed by atoms with Crippen molar-refractivity contribution < 1.29 is 9.53 Å². The minimum atomic E-state index is -1.34. The van der Waals surface area contributed by atoms with E-state index < -0.39 is 17.0 Å². The molecule has 0 aliphatic carbocycles. The summed E-state index contributed by atoms with van der Waals surface area (Å²) >= 11 is 0.942. The van der Waals surface area contributed by atoms with Gasteiger partial charge >= 0.3 is 5.91 Å². The molecule has 0 spiro atoms. The normalized spacial score (nSPS) is 20.8. The molecule has 126 valence electrons. The van der Waals surface area contributed by atoms with Crippen molar-refractivity contribution in [1.82, 2.24) is 4.90 Å². The summed E-state index contributed by atoms with van der Waals surface area (Å²) in [6.07, 6.45) is 2.80.